The fourth-order valence-electron chi connectivity index (χ4n) is 2.34. The number of ether oxygens (including phenoxy) is 2. The van der Waals surface area contributed by atoms with Gasteiger partial charge in [0.2, 0.25) is 12.7 Å². The quantitative estimate of drug-likeness (QED) is 0.680. The van der Waals surface area contributed by atoms with Gasteiger partial charge in [-0.2, -0.15) is 0 Å². The van der Waals surface area contributed by atoms with E-state index in [-0.39, 0.29) is 12.7 Å². The summed E-state index contributed by atoms with van der Waals surface area (Å²) in [6.45, 7) is 0.246. The molecule has 25 heavy (non-hydrogen) atoms. The molecule has 1 N–H and O–H groups in total. The Morgan fingerprint density at radius 3 is 2.88 bits per heavy atom. The van der Waals surface area contributed by atoms with E-state index in [1.165, 1.54) is 23.1 Å². The second-order valence-electron chi connectivity index (χ2n) is 5.26. The zero-order chi connectivity index (χ0) is 17.1. The molecular weight excluding hydrogens is 356 g/mol. The number of carbonyl (C=O) groups excluding carboxylic acids is 1. The van der Waals surface area contributed by atoms with Crippen molar-refractivity contribution in [3.05, 3.63) is 53.9 Å². The highest BCUT2D eigenvalue weighted by Gasteiger charge is 2.15. The minimum atomic E-state index is -0.0690. The monoisotopic (exact) mass is 370 g/mol. The number of hydrogen-bond acceptors (Lipinski definition) is 6. The fourth-order valence-corrected chi connectivity index (χ4v) is 3.80. The minimum Gasteiger partial charge on any atom is -0.454 e. The van der Waals surface area contributed by atoms with E-state index in [0.29, 0.717) is 10.9 Å². The van der Waals surface area contributed by atoms with Gasteiger partial charge in [-0.1, -0.05) is 18.2 Å². The SMILES string of the molecule is O=C(CSc1ccccc1)Nc1nc(-c2ccc3c(c2)OCO3)cs1. The first-order valence-corrected chi connectivity index (χ1v) is 9.48. The fraction of sp³-hybridized carbons (Fsp3) is 0.111. The summed E-state index contributed by atoms with van der Waals surface area (Å²) >= 11 is 2.90. The Hall–Kier alpha value is -2.51. The Labute approximate surface area is 153 Å². The van der Waals surface area contributed by atoms with Gasteiger partial charge in [-0.15, -0.1) is 23.1 Å². The molecule has 0 atom stereocenters. The number of fused-ring (bicyclic) bond motifs is 1. The molecule has 7 heteroatoms. The average molecular weight is 370 g/mol. The number of anilines is 1. The van der Waals surface area contributed by atoms with Crippen LogP contribution in [0.15, 0.2) is 58.8 Å². The van der Waals surface area contributed by atoms with Gasteiger partial charge in [0, 0.05) is 15.8 Å². The molecule has 2 heterocycles. The molecule has 1 amide bonds. The van der Waals surface area contributed by atoms with E-state index >= 15 is 0 Å². The highest BCUT2D eigenvalue weighted by atomic mass is 32.2. The van der Waals surface area contributed by atoms with Gasteiger partial charge in [0.25, 0.3) is 0 Å². The Kier molecular flexibility index (Phi) is 4.58. The van der Waals surface area contributed by atoms with Crippen LogP contribution < -0.4 is 14.8 Å². The molecule has 2 aromatic carbocycles. The number of benzene rings is 2. The number of nitrogens with zero attached hydrogens (tertiary/aromatic N) is 1. The second kappa shape index (κ2) is 7.16. The summed E-state index contributed by atoms with van der Waals surface area (Å²) in [6, 6.07) is 15.5. The van der Waals surface area contributed by atoms with Crippen molar-refractivity contribution in [3.8, 4) is 22.8 Å². The van der Waals surface area contributed by atoms with Crippen molar-refractivity contribution < 1.29 is 14.3 Å². The third-order valence-electron chi connectivity index (χ3n) is 3.53. The number of thioether (sulfide) groups is 1. The molecule has 0 fully saturated rings. The molecule has 5 nitrogen and oxygen atoms in total. The molecule has 0 saturated heterocycles. The van der Waals surface area contributed by atoms with Gasteiger partial charge in [0.1, 0.15) is 0 Å². The van der Waals surface area contributed by atoms with Gasteiger partial charge in [0.15, 0.2) is 16.6 Å². The maximum atomic E-state index is 12.1. The summed E-state index contributed by atoms with van der Waals surface area (Å²) in [5.41, 5.74) is 1.73. The van der Waals surface area contributed by atoms with Crippen LogP contribution in [0.25, 0.3) is 11.3 Å². The molecule has 1 aliphatic heterocycles. The molecule has 0 bridgehead atoms. The van der Waals surface area contributed by atoms with Crippen LogP contribution in [0.1, 0.15) is 0 Å². The molecule has 3 aromatic rings. The van der Waals surface area contributed by atoms with Gasteiger partial charge < -0.3 is 14.8 Å². The normalized spacial score (nSPS) is 12.2. The van der Waals surface area contributed by atoms with E-state index in [2.05, 4.69) is 10.3 Å². The van der Waals surface area contributed by atoms with Crippen molar-refractivity contribution in [2.75, 3.05) is 17.9 Å². The molecule has 1 aromatic heterocycles. The first-order valence-electron chi connectivity index (χ1n) is 7.61. The summed E-state index contributed by atoms with van der Waals surface area (Å²) in [7, 11) is 0. The standard InChI is InChI=1S/C18H14N2O3S2/c21-17(10-24-13-4-2-1-3-5-13)20-18-19-14(9-25-18)12-6-7-15-16(8-12)23-11-22-15/h1-9H,10-11H2,(H,19,20,21). The third kappa shape index (κ3) is 3.78. The summed E-state index contributed by atoms with van der Waals surface area (Å²) < 4.78 is 10.7. The predicted molar refractivity (Wildman–Crippen MR) is 99.5 cm³/mol. The van der Waals surface area contributed by atoms with Crippen LogP contribution in [-0.4, -0.2) is 23.4 Å². The number of rotatable bonds is 5. The Bertz CT molecular complexity index is 896. The first-order chi connectivity index (χ1) is 12.3. The van der Waals surface area contributed by atoms with Gasteiger partial charge in [0.05, 0.1) is 11.4 Å². The number of nitrogens with one attached hydrogen (secondary N) is 1. The molecular formula is C18H14N2O3S2. The van der Waals surface area contributed by atoms with E-state index < -0.39 is 0 Å². The summed E-state index contributed by atoms with van der Waals surface area (Å²) in [6.07, 6.45) is 0. The zero-order valence-electron chi connectivity index (χ0n) is 13.1. The van der Waals surface area contributed by atoms with Gasteiger partial charge in [-0.3, -0.25) is 4.79 Å². The third-order valence-corrected chi connectivity index (χ3v) is 5.30. The number of carbonyl (C=O) groups is 1. The first kappa shape index (κ1) is 16.0. The average Bonchev–Trinajstić information content (AvgIpc) is 3.29. The summed E-state index contributed by atoms with van der Waals surface area (Å²) in [5, 5.41) is 5.35. The molecule has 0 spiro atoms. The lowest BCUT2D eigenvalue weighted by Crippen LogP contribution is -2.13. The van der Waals surface area contributed by atoms with Crippen LogP contribution in [0.4, 0.5) is 5.13 Å². The van der Waals surface area contributed by atoms with E-state index in [1.54, 1.807) is 0 Å². The zero-order valence-corrected chi connectivity index (χ0v) is 14.7. The van der Waals surface area contributed by atoms with E-state index in [1.807, 2.05) is 53.9 Å². The maximum absolute atomic E-state index is 12.1. The van der Waals surface area contributed by atoms with Crippen LogP contribution in [-0.2, 0) is 4.79 Å². The molecule has 0 saturated carbocycles. The number of hydrogen-bond donors (Lipinski definition) is 1. The largest absolute Gasteiger partial charge is 0.454 e. The van der Waals surface area contributed by atoms with Crippen LogP contribution in [0.2, 0.25) is 0 Å². The van der Waals surface area contributed by atoms with E-state index in [4.69, 9.17) is 9.47 Å². The van der Waals surface area contributed by atoms with Crippen molar-refractivity contribution >= 4 is 34.1 Å². The smallest absolute Gasteiger partial charge is 0.236 e. The predicted octanol–water partition coefficient (Wildman–Crippen LogP) is 4.27. The maximum Gasteiger partial charge on any atom is 0.236 e. The second-order valence-corrected chi connectivity index (χ2v) is 7.16. The summed E-state index contributed by atoms with van der Waals surface area (Å²) in [4.78, 5) is 17.6. The molecule has 0 radical (unpaired) electrons. The van der Waals surface area contributed by atoms with Crippen LogP contribution in [0, 0.1) is 0 Å². The molecule has 0 aliphatic carbocycles. The molecule has 1 aliphatic rings. The minimum absolute atomic E-state index is 0.0690. The van der Waals surface area contributed by atoms with Crippen molar-refractivity contribution in [1.29, 1.82) is 0 Å². The number of aromatic nitrogens is 1. The van der Waals surface area contributed by atoms with Crippen molar-refractivity contribution in [1.82, 2.24) is 4.98 Å². The van der Waals surface area contributed by atoms with Crippen molar-refractivity contribution in [3.63, 3.8) is 0 Å². The van der Waals surface area contributed by atoms with Gasteiger partial charge in [-0.05, 0) is 30.3 Å². The van der Waals surface area contributed by atoms with Crippen molar-refractivity contribution in [2.45, 2.75) is 4.90 Å². The molecule has 0 unspecified atom stereocenters. The van der Waals surface area contributed by atoms with E-state index in [0.717, 1.165) is 27.7 Å². The van der Waals surface area contributed by atoms with Crippen LogP contribution in [0.3, 0.4) is 0 Å². The Morgan fingerprint density at radius 2 is 2.00 bits per heavy atom. The number of amides is 1. The lowest BCUT2D eigenvalue weighted by Gasteiger charge is -2.02. The highest BCUT2D eigenvalue weighted by Crippen LogP contribution is 2.36. The van der Waals surface area contributed by atoms with Crippen LogP contribution in [0.5, 0.6) is 11.5 Å². The topological polar surface area (TPSA) is 60.5 Å². The lowest BCUT2D eigenvalue weighted by atomic mass is 10.1. The molecule has 4 rings (SSSR count). The van der Waals surface area contributed by atoms with Gasteiger partial charge >= 0.3 is 0 Å². The highest BCUT2D eigenvalue weighted by molar-refractivity contribution is 8.00. The summed E-state index contributed by atoms with van der Waals surface area (Å²) in [5.74, 6) is 1.74. The Morgan fingerprint density at radius 1 is 1.16 bits per heavy atom. The molecule has 126 valence electrons. The lowest BCUT2D eigenvalue weighted by molar-refractivity contribution is -0.113. The van der Waals surface area contributed by atoms with Crippen molar-refractivity contribution in [2.24, 2.45) is 0 Å². The van der Waals surface area contributed by atoms with Crippen LogP contribution >= 0.6 is 23.1 Å². The Balaban J connectivity index is 1.39. The van der Waals surface area contributed by atoms with Gasteiger partial charge in [-0.25, -0.2) is 4.98 Å². The van der Waals surface area contributed by atoms with E-state index in [9.17, 15) is 4.79 Å². The number of thiazole rings is 1.